The third-order valence-corrected chi connectivity index (χ3v) is 4.20. The van der Waals surface area contributed by atoms with Crippen molar-refractivity contribution in [2.75, 3.05) is 26.2 Å². The number of phenols is 1. The van der Waals surface area contributed by atoms with Crippen LogP contribution >= 0.6 is 11.6 Å². The Bertz CT molecular complexity index is 419. The van der Waals surface area contributed by atoms with Gasteiger partial charge < -0.3 is 15.3 Å². The van der Waals surface area contributed by atoms with Crippen LogP contribution in [0.3, 0.4) is 0 Å². The molecule has 1 atom stereocenters. The third-order valence-electron chi connectivity index (χ3n) is 3.90. The number of phenolic OH excluding ortho intramolecular Hbond substituents is 1. The molecule has 1 aromatic rings. The average Bonchev–Trinajstić information content (AvgIpc) is 2.44. The van der Waals surface area contributed by atoms with E-state index in [1.807, 2.05) is 12.1 Å². The second kappa shape index (κ2) is 7.87. The molecule has 1 aromatic carbocycles. The van der Waals surface area contributed by atoms with Crippen LogP contribution in [-0.4, -0.2) is 36.2 Å². The summed E-state index contributed by atoms with van der Waals surface area (Å²) in [5.41, 5.74) is 0.864. The fourth-order valence-electron chi connectivity index (χ4n) is 2.80. The van der Waals surface area contributed by atoms with Crippen molar-refractivity contribution in [3.8, 4) is 5.75 Å². The van der Waals surface area contributed by atoms with Crippen LogP contribution in [0.1, 0.15) is 31.7 Å². The summed E-state index contributed by atoms with van der Waals surface area (Å²) in [6.07, 6.45) is 4.07. The van der Waals surface area contributed by atoms with Gasteiger partial charge in [0.15, 0.2) is 0 Å². The van der Waals surface area contributed by atoms with Gasteiger partial charge in [-0.1, -0.05) is 37.1 Å². The Hall–Kier alpha value is -0.770. The van der Waals surface area contributed by atoms with Gasteiger partial charge >= 0.3 is 0 Å². The number of para-hydroxylation sites is 1. The molecule has 1 aliphatic heterocycles. The van der Waals surface area contributed by atoms with Crippen LogP contribution in [0.25, 0.3) is 0 Å². The predicted octanol–water partition coefficient (Wildman–Crippen LogP) is 3.26. The van der Waals surface area contributed by atoms with Gasteiger partial charge in [0, 0.05) is 18.7 Å². The van der Waals surface area contributed by atoms with Gasteiger partial charge in [0.1, 0.15) is 5.75 Å². The zero-order valence-corrected chi connectivity index (χ0v) is 13.0. The molecule has 1 aliphatic rings. The highest BCUT2D eigenvalue weighted by Crippen LogP contribution is 2.26. The lowest BCUT2D eigenvalue weighted by molar-refractivity contribution is 0.199. The van der Waals surface area contributed by atoms with E-state index < -0.39 is 0 Å². The van der Waals surface area contributed by atoms with Crippen LogP contribution in [0.5, 0.6) is 5.75 Å². The molecule has 2 N–H and O–H groups in total. The Morgan fingerprint density at radius 3 is 2.80 bits per heavy atom. The van der Waals surface area contributed by atoms with Gasteiger partial charge in [0.2, 0.25) is 0 Å². The standard InChI is InChI=1S/C16H25ClN2O/c1-13(12-19-8-3-2-4-9-19)10-18-11-14-6-5-7-15(17)16(14)20/h5-7,13,18,20H,2-4,8-12H2,1H3. The van der Waals surface area contributed by atoms with E-state index in [0.29, 0.717) is 17.5 Å². The molecular formula is C16H25ClN2O. The molecule has 0 aromatic heterocycles. The molecule has 20 heavy (non-hydrogen) atoms. The molecule has 3 nitrogen and oxygen atoms in total. The summed E-state index contributed by atoms with van der Waals surface area (Å²) in [7, 11) is 0. The van der Waals surface area contributed by atoms with Gasteiger partial charge in [-0.2, -0.15) is 0 Å². The lowest BCUT2D eigenvalue weighted by atomic mass is 10.1. The second-order valence-electron chi connectivity index (χ2n) is 5.84. The first-order chi connectivity index (χ1) is 9.66. The third kappa shape index (κ3) is 4.65. The molecule has 2 rings (SSSR count). The van der Waals surface area contributed by atoms with Crippen molar-refractivity contribution < 1.29 is 5.11 Å². The maximum atomic E-state index is 9.84. The minimum Gasteiger partial charge on any atom is -0.506 e. The number of nitrogens with zero attached hydrogens (tertiary/aromatic N) is 1. The maximum absolute atomic E-state index is 9.84. The molecule has 0 amide bonds. The molecule has 0 bridgehead atoms. The fourth-order valence-corrected chi connectivity index (χ4v) is 3.00. The summed E-state index contributed by atoms with van der Waals surface area (Å²) in [5.74, 6) is 0.819. The van der Waals surface area contributed by atoms with E-state index in [0.717, 1.165) is 18.7 Å². The number of piperidine rings is 1. The smallest absolute Gasteiger partial charge is 0.138 e. The van der Waals surface area contributed by atoms with Crippen molar-refractivity contribution in [2.45, 2.75) is 32.7 Å². The Kier molecular flexibility index (Phi) is 6.14. The number of nitrogens with one attached hydrogen (secondary N) is 1. The molecule has 112 valence electrons. The number of likely N-dealkylation sites (tertiary alicyclic amines) is 1. The lowest BCUT2D eigenvalue weighted by Gasteiger charge is -2.29. The van der Waals surface area contributed by atoms with E-state index in [4.69, 9.17) is 11.6 Å². The van der Waals surface area contributed by atoms with Crippen molar-refractivity contribution in [1.82, 2.24) is 10.2 Å². The number of benzene rings is 1. The van der Waals surface area contributed by atoms with Gasteiger partial charge in [-0.15, -0.1) is 0 Å². The molecule has 1 heterocycles. The Morgan fingerprint density at radius 2 is 2.05 bits per heavy atom. The van der Waals surface area contributed by atoms with Gasteiger partial charge in [-0.3, -0.25) is 0 Å². The summed E-state index contributed by atoms with van der Waals surface area (Å²) in [5, 5.41) is 13.7. The second-order valence-corrected chi connectivity index (χ2v) is 6.25. The number of hydrogen-bond acceptors (Lipinski definition) is 3. The van der Waals surface area contributed by atoms with Gasteiger partial charge in [0.05, 0.1) is 5.02 Å². The number of rotatable bonds is 6. The van der Waals surface area contributed by atoms with Gasteiger partial charge in [0.25, 0.3) is 0 Å². The van der Waals surface area contributed by atoms with E-state index >= 15 is 0 Å². The number of hydrogen-bond donors (Lipinski definition) is 2. The molecule has 0 aliphatic carbocycles. The van der Waals surface area contributed by atoms with Crippen molar-refractivity contribution in [1.29, 1.82) is 0 Å². The summed E-state index contributed by atoms with van der Waals surface area (Å²) >= 11 is 5.90. The molecule has 1 fully saturated rings. The van der Waals surface area contributed by atoms with Crippen molar-refractivity contribution in [2.24, 2.45) is 5.92 Å². The van der Waals surface area contributed by atoms with Gasteiger partial charge in [-0.05, 0) is 44.5 Å². The molecule has 0 spiro atoms. The molecule has 0 saturated carbocycles. The van der Waals surface area contributed by atoms with Crippen LogP contribution in [0, 0.1) is 5.92 Å². The Morgan fingerprint density at radius 1 is 1.30 bits per heavy atom. The highest BCUT2D eigenvalue weighted by atomic mass is 35.5. The molecular weight excluding hydrogens is 272 g/mol. The zero-order valence-electron chi connectivity index (χ0n) is 12.2. The minimum atomic E-state index is 0.199. The SMILES string of the molecule is CC(CNCc1cccc(Cl)c1O)CN1CCCCC1. The largest absolute Gasteiger partial charge is 0.506 e. The average molecular weight is 297 g/mol. The van der Waals surface area contributed by atoms with E-state index in [9.17, 15) is 5.11 Å². The summed E-state index contributed by atoms with van der Waals surface area (Å²) in [4.78, 5) is 2.56. The normalized spacial score (nSPS) is 18.1. The van der Waals surface area contributed by atoms with Crippen LogP contribution < -0.4 is 5.32 Å². The van der Waals surface area contributed by atoms with Crippen molar-refractivity contribution in [3.63, 3.8) is 0 Å². The molecule has 1 saturated heterocycles. The van der Waals surface area contributed by atoms with E-state index in [1.165, 1.54) is 32.4 Å². The monoisotopic (exact) mass is 296 g/mol. The minimum absolute atomic E-state index is 0.199. The first-order valence-corrected chi connectivity index (χ1v) is 7.94. The lowest BCUT2D eigenvalue weighted by Crippen LogP contribution is -2.36. The van der Waals surface area contributed by atoms with Crippen LogP contribution in [0.2, 0.25) is 5.02 Å². The molecule has 0 radical (unpaired) electrons. The number of halogens is 1. The van der Waals surface area contributed by atoms with Crippen LogP contribution in [0.4, 0.5) is 0 Å². The maximum Gasteiger partial charge on any atom is 0.138 e. The summed E-state index contributed by atoms with van der Waals surface area (Å²) in [6, 6.07) is 5.49. The highest BCUT2D eigenvalue weighted by molar-refractivity contribution is 6.32. The predicted molar refractivity (Wildman–Crippen MR) is 84.3 cm³/mol. The van der Waals surface area contributed by atoms with Crippen molar-refractivity contribution in [3.05, 3.63) is 28.8 Å². The topological polar surface area (TPSA) is 35.5 Å². The Labute approximate surface area is 126 Å². The molecule has 4 heteroatoms. The molecule has 1 unspecified atom stereocenters. The number of aromatic hydroxyl groups is 1. The van der Waals surface area contributed by atoms with E-state index in [2.05, 4.69) is 17.1 Å². The quantitative estimate of drug-likeness (QED) is 0.846. The summed E-state index contributed by atoms with van der Waals surface area (Å²) < 4.78 is 0. The summed E-state index contributed by atoms with van der Waals surface area (Å²) in [6.45, 7) is 7.56. The van der Waals surface area contributed by atoms with E-state index in [1.54, 1.807) is 6.07 Å². The first-order valence-electron chi connectivity index (χ1n) is 7.56. The first kappa shape index (κ1) is 15.6. The van der Waals surface area contributed by atoms with Crippen molar-refractivity contribution >= 4 is 11.6 Å². The van der Waals surface area contributed by atoms with E-state index in [-0.39, 0.29) is 5.75 Å². The highest BCUT2D eigenvalue weighted by Gasteiger charge is 2.13. The fraction of sp³-hybridized carbons (Fsp3) is 0.625. The zero-order chi connectivity index (χ0) is 14.4. The van der Waals surface area contributed by atoms with Crippen LogP contribution in [-0.2, 0) is 6.54 Å². The Balaban J connectivity index is 1.70. The van der Waals surface area contributed by atoms with Crippen LogP contribution in [0.15, 0.2) is 18.2 Å². The van der Waals surface area contributed by atoms with Gasteiger partial charge in [-0.25, -0.2) is 0 Å².